The third-order valence-corrected chi connectivity index (χ3v) is 7.10. The van der Waals surface area contributed by atoms with Crippen molar-refractivity contribution in [2.75, 3.05) is 6.61 Å². The number of benzene rings is 2. The molecule has 0 saturated carbocycles. The first-order valence-corrected chi connectivity index (χ1v) is 14.0. The minimum Gasteiger partial charge on any atom is -0.466 e. The predicted molar refractivity (Wildman–Crippen MR) is 148 cm³/mol. The Morgan fingerprint density at radius 2 is 1.73 bits per heavy atom. The molecule has 0 aliphatic carbocycles. The molecule has 216 valence electrons. The number of esters is 1. The number of carbonyl (C=O) groups excluding carboxylic acids is 3. The number of nitrogens with one attached hydrogen (secondary N) is 2. The van der Waals surface area contributed by atoms with Gasteiger partial charge in [-0.2, -0.15) is 0 Å². The van der Waals surface area contributed by atoms with E-state index in [0.717, 1.165) is 10.0 Å². The molecule has 2 aromatic carbocycles. The monoisotopic (exact) mass is 618 g/mol. The van der Waals surface area contributed by atoms with Gasteiger partial charge in [-0.1, -0.05) is 46.3 Å². The van der Waals surface area contributed by atoms with Gasteiger partial charge >= 0.3 is 5.97 Å². The van der Waals surface area contributed by atoms with Crippen molar-refractivity contribution in [2.45, 2.75) is 83.2 Å². The van der Waals surface area contributed by atoms with Crippen molar-refractivity contribution < 1.29 is 38.1 Å². The fraction of sp³-hybridized carbons (Fsp3) is 0.483. The van der Waals surface area contributed by atoms with Crippen LogP contribution in [0.15, 0.2) is 59.1 Å². The standard InChI is InChI=1S/C29H35BrN2O8/c1-5-36-22(33)15-21(32-26(34)17(2)31-27(35)19-11-13-20(30)14-12-19)23-24(37-16-18-9-7-6-8-10-18)25-28(38-23)40-29(3,4)39-25/h6-14,17,21,23-25,28H,5,15-16H2,1-4H3,(H,31,35)(H,32,34)/t17-,21+,23+,24-,25+,28+/m0/s1. The van der Waals surface area contributed by atoms with Gasteiger partial charge < -0.3 is 34.3 Å². The van der Waals surface area contributed by atoms with Gasteiger partial charge in [-0.25, -0.2) is 0 Å². The van der Waals surface area contributed by atoms with Crippen molar-refractivity contribution in [3.05, 3.63) is 70.2 Å². The second kappa shape index (κ2) is 13.2. The molecule has 0 radical (unpaired) electrons. The van der Waals surface area contributed by atoms with Crippen LogP contribution in [0, 0.1) is 0 Å². The lowest BCUT2D eigenvalue weighted by atomic mass is 9.99. The van der Waals surface area contributed by atoms with Crippen LogP contribution in [-0.4, -0.2) is 66.9 Å². The normalized spacial score (nSPS) is 24.5. The number of rotatable bonds is 11. The number of fused-ring (bicyclic) bond motifs is 1. The molecular formula is C29H35BrN2O8. The minimum atomic E-state index is -0.906. The Kier molecular flexibility index (Phi) is 9.96. The zero-order chi connectivity index (χ0) is 28.9. The average molecular weight is 620 g/mol. The van der Waals surface area contributed by atoms with Crippen LogP contribution < -0.4 is 10.6 Å². The molecule has 2 N–H and O–H groups in total. The molecule has 2 aliphatic heterocycles. The van der Waals surface area contributed by atoms with Gasteiger partial charge in [0.05, 0.1) is 25.7 Å². The maximum atomic E-state index is 13.3. The molecule has 0 spiro atoms. The topological polar surface area (TPSA) is 121 Å². The second-order valence-corrected chi connectivity index (χ2v) is 11.1. The predicted octanol–water partition coefficient (Wildman–Crippen LogP) is 3.47. The van der Waals surface area contributed by atoms with Gasteiger partial charge in [-0.05, 0) is 57.5 Å². The molecule has 2 amide bonds. The molecule has 4 rings (SSSR count). The van der Waals surface area contributed by atoms with Crippen molar-refractivity contribution in [1.82, 2.24) is 10.6 Å². The summed E-state index contributed by atoms with van der Waals surface area (Å²) in [6.45, 7) is 7.28. The molecule has 10 nitrogen and oxygen atoms in total. The highest BCUT2D eigenvalue weighted by atomic mass is 79.9. The first kappa shape index (κ1) is 30.1. The quantitative estimate of drug-likeness (QED) is 0.367. The summed E-state index contributed by atoms with van der Waals surface area (Å²) in [7, 11) is 0. The Morgan fingerprint density at radius 1 is 1.02 bits per heavy atom. The van der Waals surface area contributed by atoms with Crippen LogP contribution in [0.4, 0.5) is 0 Å². The van der Waals surface area contributed by atoms with Crippen LogP contribution in [0.2, 0.25) is 0 Å². The van der Waals surface area contributed by atoms with E-state index in [-0.39, 0.29) is 19.6 Å². The van der Waals surface area contributed by atoms with Crippen molar-refractivity contribution in [1.29, 1.82) is 0 Å². The van der Waals surface area contributed by atoms with Crippen molar-refractivity contribution >= 4 is 33.7 Å². The Hall–Kier alpha value is -2.83. The van der Waals surface area contributed by atoms with Crippen LogP contribution in [0.5, 0.6) is 0 Å². The molecule has 0 unspecified atom stereocenters. The molecule has 6 atom stereocenters. The number of ether oxygens (including phenoxy) is 5. The van der Waals surface area contributed by atoms with E-state index in [1.807, 2.05) is 30.3 Å². The van der Waals surface area contributed by atoms with Gasteiger partial charge in [0.25, 0.3) is 5.91 Å². The van der Waals surface area contributed by atoms with E-state index in [1.165, 1.54) is 0 Å². The zero-order valence-electron chi connectivity index (χ0n) is 22.9. The molecule has 40 heavy (non-hydrogen) atoms. The molecule has 2 aliphatic rings. The fourth-order valence-corrected chi connectivity index (χ4v) is 4.95. The maximum Gasteiger partial charge on any atom is 0.307 e. The first-order chi connectivity index (χ1) is 19.1. The molecule has 11 heteroatoms. The summed E-state index contributed by atoms with van der Waals surface area (Å²) in [4.78, 5) is 38.5. The Balaban J connectivity index is 1.50. The third kappa shape index (κ3) is 7.67. The zero-order valence-corrected chi connectivity index (χ0v) is 24.5. The number of carbonyl (C=O) groups is 3. The Morgan fingerprint density at radius 3 is 2.40 bits per heavy atom. The third-order valence-electron chi connectivity index (χ3n) is 6.58. The smallest absolute Gasteiger partial charge is 0.307 e. The van der Waals surface area contributed by atoms with Crippen molar-refractivity contribution in [3.63, 3.8) is 0 Å². The van der Waals surface area contributed by atoms with E-state index in [2.05, 4.69) is 26.6 Å². The van der Waals surface area contributed by atoms with Crippen LogP contribution in [-0.2, 0) is 39.9 Å². The Labute approximate surface area is 242 Å². The lowest BCUT2D eigenvalue weighted by Crippen LogP contribution is -2.55. The SMILES string of the molecule is CCOC(=O)C[C@@H](NC(=O)[C@H](C)NC(=O)c1ccc(Br)cc1)[C@H]1O[C@@H]2OC(C)(C)O[C@@H]2[C@H]1OCc1ccccc1. The summed E-state index contributed by atoms with van der Waals surface area (Å²) in [6, 6.07) is 14.6. The summed E-state index contributed by atoms with van der Waals surface area (Å²) >= 11 is 3.34. The van der Waals surface area contributed by atoms with Gasteiger partial charge in [-0.3, -0.25) is 14.4 Å². The van der Waals surface area contributed by atoms with E-state index in [1.54, 1.807) is 52.0 Å². The van der Waals surface area contributed by atoms with Gasteiger partial charge in [-0.15, -0.1) is 0 Å². The molecule has 0 bridgehead atoms. The van der Waals surface area contributed by atoms with Crippen LogP contribution in [0.3, 0.4) is 0 Å². The molecule has 2 fully saturated rings. The van der Waals surface area contributed by atoms with Gasteiger partial charge in [0.1, 0.15) is 24.4 Å². The van der Waals surface area contributed by atoms with Gasteiger partial charge in [0.2, 0.25) is 5.91 Å². The average Bonchev–Trinajstić information content (AvgIpc) is 3.39. The van der Waals surface area contributed by atoms with Gasteiger partial charge in [0.15, 0.2) is 12.1 Å². The van der Waals surface area contributed by atoms with E-state index in [0.29, 0.717) is 5.56 Å². The number of hydrogen-bond acceptors (Lipinski definition) is 8. The maximum absolute atomic E-state index is 13.3. The molecule has 2 aromatic rings. The number of amides is 2. The Bertz CT molecular complexity index is 1180. The number of hydrogen-bond donors (Lipinski definition) is 2. The summed E-state index contributed by atoms with van der Waals surface area (Å²) in [5.41, 5.74) is 1.35. The lowest BCUT2D eigenvalue weighted by molar-refractivity contribution is -0.223. The van der Waals surface area contributed by atoms with Crippen molar-refractivity contribution in [3.8, 4) is 0 Å². The highest BCUT2D eigenvalue weighted by molar-refractivity contribution is 9.10. The minimum absolute atomic E-state index is 0.175. The molecular weight excluding hydrogens is 584 g/mol. The summed E-state index contributed by atoms with van der Waals surface area (Å²) in [6.07, 6.45) is -2.97. The highest BCUT2D eigenvalue weighted by Gasteiger charge is 2.57. The second-order valence-electron chi connectivity index (χ2n) is 10.2. The fourth-order valence-electron chi connectivity index (χ4n) is 4.69. The number of halogens is 1. The van der Waals surface area contributed by atoms with E-state index in [9.17, 15) is 14.4 Å². The highest BCUT2D eigenvalue weighted by Crippen LogP contribution is 2.40. The molecule has 2 heterocycles. The largest absolute Gasteiger partial charge is 0.466 e. The van der Waals surface area contributed by atoms with Crippen molar-refractivity contribution in [2.24, 2.45) is 0 Å². The summed E-state index contributed by atoms with van der Waals surface area (Å²) < 4.78 is 30.6. The summed E-state index contributed by atoms with van der Waals surface area (Å²) in [5.74, 6) is -2.30. The van der Waals surface area contributed by atoms with E-state index in [4.69, 9.17) is 23.7 Å². The lowest BCUT2D eigenvalue weighted by Gasteiger charge is -2.32. The van der Waals surface area contributed by atoms with Crippen LogP contribution in [0.1, 0.15) is 50.0 Å². The van der Waals surface area contributed by atoms with Crippen LogP contribution >= 0.6 is 15.9 Å². The first-order valence-electron chi connectivity index (χ1n) is 13.3. The van der Waals surface area contributed by atoms with Gasteiger partial charge in [0, 0.05) is 10.0 Å². The molecule has 2 saturated heterocycles. The molecule has 0 aromatic heterocycles. The van der Waals surface area contributed by atoms with E-state index >= 15 is 0 Å². The van der Waals surface area contributed by atoms with Crippen LogP contribution in [0.25, 0.3) is 0 Å². The van der Waals surface area contributed by atoms with E-state index < -0.39 is 60.3 Å². The summed E-state index contributed by atoms with van der Waals surface area (Å²) in [5, 5.41) is 5.57.